The number of hydrogen-bond donors (Lipinski definition) is 1. The Labute approximate surface area is 132 Å². The molecule has 2 aromatic carbocycles. The Morgan fingerprint density at radius 2 is 1.90 bits per heavy atom. The molecule has 20 heavy (non-hydrogen) atoms. The Kier molecular flexibility index (Phi) is 5.05. The van der Waals surface area contributed by atoms with Crippen molar-refractivity contribution >= 4 is 33.2 Å². The van der Waals surface area contributed by atoms with E-state index in [-0.39, 0.29) is 12.0 Å². The van der Waals surface area contributed by atoms with Crippen molar-refractivity contribution < 1.29 is 0 Å². The number of anilines is 1. The predicted octanol–water partition coefficient (Wildman–Crippen LogP) is 5.21. The molecule has 102 valence electrons. The van der Waals surface area contributed by atoms with Crippen LogP contribution < -0.4 is 5.32 Å². The Morgan fingerprint density at radius 3 is 2.50 bits per heavy atom. The topological polar surface area (TPSA) is 35.8 Å². The zero-order valence-corrected chi connectivity index (χ0v) is 13.3. The van der Waals surface area contributed by atoms with Crippen LogP contribution in [0.25, 0.3) is 0 Å². The second-order valence-electron chi connectivity index (χ2n) is 4.58. The zero-order valence-electron chi connectivity index (χ0n) is 11.0. The fourth-order valence-corrected chi connectivity index (χ4v) is 2.48. The number of nitrogens with zero attached hydrogens (tertiary/aromatic N) is 1. The molecule has 0 fully saturated rings. The van der Waals surface area contributed by atoms with Crippen LogP contribution >= 0.6 is 27.5 Å². The van der Waals surface area contributed by atoms with Gasteiger partial charge in [-0.2, -0.15) is 5.26 Å². The van der Waals surface area contributed by atoms with Crippen LogP contribution in [0.4, 0.5) is 5.69 Å². The van der Waals surface area contributed by atoms with Crippen molar-refractivity contribution in [3.05, 3.63) is 63.6 Å². The Bertz CT molecular complexity index is 622. The van der Waals surface area contributed by atoms with E-state index in [4.69, 9.17) is 11.6 Å². The lowest BCUT2D eigenvalue weighted by Crippen LogP contribution is -2.24. The number of halogens is 2. The van der Waals surface area contributed by atoms with Gasteiger partial charge in [-0.1, -0.05) is 48.9 Å². The maximum absolute atomic E-state index is 9.39. The molecule has 0 radical (unpaired) electrons. The fraction of sp³-hybridized carbons (Fsp3) is 0.188. The van der Waals surface area contributed by atoms with Crippen LogP contribution in [0.2, 0.25) is 5.02 Å². The number of hydrogen-bond acceptors (Lipinski definition) is 2. The highest BCUT2D eigenvalue weighted by molar-refractivity contribution is 9.10. The molecule has 0 saturated heterocycles. The van der Waals surface area contributed by atoms with E-state index in [1.807, 2.05) is 49.4 Å². The van der Waals surface area contributed by atoms with Gasteiger partial charge in [0, 0.05) is 16.1 Å². The molecule has 0 aliphatic rings. The van der Waals surface area contributed by atoms with Crippen LogP contribution in [0, 0.1) is 11.3 Å². The molecule has 0 spiro atoms. The zero-order chi connectivity index (χ0) is 14.5. The molecule has 0 saturated carbocycles. The third-order valence-electron chi connectivity index (χ3n) is 3.21. The minimum absolute atomic E-state index is 0.0932. The van der Waals surface area contributed by atoms with Crippen molar-refractivity contribution in [3.8, 4) is 6.07 Å². The molecule has 2 nitrogen and oxygen atoms in total. The summed E-state index contributed by atoms with van der Waals surface area (Å²) in [5.41, 5.74) is 2.01. The number of nitrogens with one attached hydrogen (secondary N) is 1. The van der Waals surface area contributed by atoms with Gasteiger partial charge in [-0.05, 0) is 39.7 Å². The summed E-state index contributed by atoms with van der Waals surface area (Å²) < 4.78 is 0.813. The van der Waals surface area contributed by atoms with Gasteiger partial charge >= 0.3 is 0 Å². The van der Waals surface area contributed by atoms with Crippen LogP contribution in [0.5, 0.6) is 0 Å². The van der Waals surface area contributed by atoms with Crippen LogP contribution in [0.3, 0.4) is 0 Å². The van der Waals surface area contributed by atoms with Crippen molar-refractivity contribution in [2.75, 3.05) is 5.32 Å². The first-order valence-corrected chi connectivity index (χ1v) is 7.45. The van der Waals surface area contributed by atoms with Gasteiger partial charge in [0.05, 0.1) is 11.1 Å². The highest BCUT2D eigenvalue weighted by atomic mass is 79.9. The average Bonchev–Trinajstić information content (AvgIpc) is 2.48. The van der Waals surface area contributed by atoms with E-state index < -0.39 is 0 Å². The van der Waals surface area contributed by atoms with Crippen LogP contribution in [0.1, 0.15) is 18.4 Å². The fourth-order valence-electron chi connectivity index (χ4n) is 1.98. The molecule has 2 aromatic rings. The predicted molar refractivity (Wildman–Crippen MR) is 87.0 cm³/mol. The van der Waals surface area contributed by atoms with Gasteiger partial charge in [0.1, 0.15) is 6.04 Å². The van der Waals surface area contributed by atoms with Crippen molar-refractivity contribution in [1.29, 1.82) is 5.26 Å². The summed E-state index contributed by atoms with van der Waals surface area (Å²) >= 11 is 9.35. The van der Waals surface area contributed by atoms with E-state index >= 15 is 0 Å². The van der Waals surface area contributed by atoms with Crippen molar-refractivity contribution in [2.45, 2.75) is 18.9 Å². The number of benzene rings is 2. The lowest BCUT2D eigenvalue weighted by atomic mass is 9.94. The van der Waals surface area contributed by atoms with E-state index in [0.29, 0.717) is 5.02 Å². The van der Waals surface area contributed by atoms with Gasteiger partial charge in [0.15, 0.2) is 0 Å². The third-order valence-corrected chi connectivity index (χ3v) is 4.42. The largest absolute Gasteiger partial charge is 0.369 e. The highest BCUT2D eigenvalue weighted by Crippen LogP contribution is 2.27. The second-order valence-corrected chi connectivity index (χ2v) is 5.84. The molecular formula is C16H14BrClN2. The van der Waals surface area contributed by atoms with E-state index in [1.54, 1.807) is 6.07 Å². The number of nitriles is 1. The van der Waals surface area contributed by atoms with E-state index in [9.17, 15) is 5.26 Å². The van der Waals surface area contributed by atoms with E-state index in [1.165, 1.54) is 0 Å². The lowest BCUT2D eigenvalue weighted by molar-refractivity contribution is 0.710. The maximum atomic E-state index is 9.39. The van der Waals surface area contributed by atoms with Crippen molar-refractivity contribution in [1.82, 2.24) is 0 Å². The summed E-state index contributed by atoms with van der Waals surface area (Å²) in [6, 6.07) is 17.6. The summed E-state index contributed by atoms with van der Waals surface area (Å²) in [4.78, 5) is 0. The van der Waals surface area contributed by atoms with E-state index in [0.717, 1.165) is 15.7 Å². The lowest BCUT2D eigenvalue weighted by Gasteiger charge is -2.20. The monoisotopic (exact) mass is 348 g/mol. The molecule has 4 heteroatoms. The summed E-state index contributed by atoms with van der Waals surface area (Å²) in [6.07, 6.45) is 0. The molecule has 0 amide bonds. The molecule has 2 atom stereocenters. The Balaban J connectivity index is 2.17. The smallest absolute Gasteiger partial charge is 0.121 e. The van der Waals surface area contributed by atoms with Crippen LogP contribution in [-0.2, 0) is 0 Å². The molecular weight excluding hydrogens is 336 g/mol. The van der Waals surface area contributed by atoms with Gasteiger partial charge in [-0.25, -0.2) is 0 Å². The van der Waals surface area contributed by atoms with E-state index in [2.05, 4.69) is 27.3 Å². The van der Waals surface area contributed by atoms with Crippen LogP contribution in [0.15, 0.2) is 53.0 Å². The van der Waals surface area contributed by atoms with Gasteiger partial charge in [-0.3, -0.25) is 0 Å². The minimum Gasteiger partial charge on any atom is -0.369 e. The summed E-state index contributed by atoms with van der Waals surface area (Å²) in [5, 5.41) is 13.3. The Hall–Kier alpha value is -1.50. The first-order chi connectivity index (χ1) is 9.61. The van der Waals surface area contributed by atoms with Crippen molar-refractivity contribution in [2.24, 2.45) is 0 Å². The van der Waals surface area contributed by atoms with Crippen molar-refractivity contribution in [3.63, 3.8) is 0 Å². The first-order valence-electron chi connectivity index (χ1n) is 6.28. The summed E-state index contributed by atoms with van der Waals surface area (Å²) in [6.45, 7) is 2.04. The standard InChI is InChI=1S/C16H14BrClN2/c1-11(12-5-3-2-4-6-12)16(10-19)20-13-7-8-15(18)14(17)9-13/h2-9,11,16,20H,1H3. The van der Waals surface area contributed by atoms with Gasteiger partial charge in [-0.15, -0.1) is 0 Å². The summed E-state index contributed by atoms with van der Waals surface area (Å²) in [7, 11) is 0. The average molecular weight is 350 g/mol. The molecule has 0 aliphatic heterocycles. The molecule has 1 N–H and O–H groups in total. The minimum atomic E-state index is -0.300. The molecule has 2 unspecified atom stereocenters. The number of rotatable bonds is 4. The first kappa shape index (κ1) is 14.9. The quantitative estimate of drug-likeness (QED) is 0.822. The molecule has 0 heterocycles. The molecule has 0 bridgehead atoms. The van der Waals surface area contributed by atoms with Gasteiger partial charge in [0.25, 0.3) is 0 Å². The molecule has 2 rings (SSSR count). The van der Waals surface area contributed by atoms with Crippen LogP contribution in [-0.4, -0.2) is 6.04 Å². The SMILES string of the molecule is CC(c1ccccc1)C(C#N)Nc1ccc(Cl)c(Br)c1. The maximum Gasteiger partial charge on any atom is 0.121 e. The second kappa shape index (κ2) is 6.78. The molecule has 0 aromatic heterocycles. The molecule has 0 aliphatic carbocycles. The highest BCUT2D eigenvalue weighted by Gasteiger charge is 2.18. The normalized spacial score (nSPS) is 13.3. The van der Waals surface area contributed by atoms with Gasteiger partial charge in [0.2, 0.25) is 0 Å². The Morgan fingerprint density at radius 1 is 1.20 bits per heavy atom. The third kappa shape index (κ3) is 3.53. The summed E-state index contributed by atoms with van der Waals surface area (Å²) in [5.74, 6) is 0.0932. The van der Waals surface area contributed by atoms with Gasteiger partial charge < -0.3 is 5.32 Å².